The Hall–Kier alpha value is -1.60. The summed E-state index contributed by atoms with van der Waals surface area (Å²) in [6.45, 7) is 0.00468. The van der Waals surface area contributed by atoms with Gasteiger partial charge in [-0.25, -0.2) is 0 Å². The van der Waals surface area contributed by atoms with Crippen LogP contribution in [0.15, 0.2) is 41.3 Å². The minimum atomic E-state index is -0.410. The Balaban J connectivity index is 1.99. The molecule has 0 aliphatic rings. The van der Waals surface area contributed by atoms with Gasteiger partial charge < -0.3 is 16.4 Å². The van der Waals surface area contributed by atoms with E-state index in [9.17, 15) is 9.59 Å². The quantitative estimate of drug-likeness (QED) is 0.463. The number of rotatable bonds is 7. The van der Waals surface area contributed by atoms with Gasteiger partial charge in [-0.05, 0) is 24.3 Å². The first-order chi connectivity index (χ1) is 11.9. The molecule has 0 aromatic heterocycles. The van der Waals surface area contributed by atoms with Crippen LogP contribution in [0.1, 0.15) is 0 Å². The summed E-state index contributed by atoms with van der Waals surface area (Å²) >= 11 is 19.1. The lowest BCUT2D eigenvalue weighted by molar-refractivity contribution is -0.116. The molecule has 0 saturated carbocycles. The second-order valence-corrected chi connectivity index (χ2v) is 7.14. The smallest absolute Gasteiger partial charge is 0.243 e. The highest BCUT2D eigenvalue weighted by atomic mass is 35.5. The number of carbonyl (C=O) groups is 2. The van der Waals surface area contributed by atoms with E-state index in [0.717, 1.165) is 10.6 Å². The van der Waals surface area contributed by atoms with Crippen molar-refractivity contribution in [2.75, 3.05) is 22.9 Å². The van der Waals surface area contributed by atoms with Crippen LogP contribution < -0.4 is 16.4 Å². The van der Waals surface area contributed by atoms with Gasteiger partial charge in [0.05, 0.1) is 33.1 Å². The molecule has 0 aliphatic heterocycles. The third kappa shape index (κ3) is 6.01. The first-order valence-corrected chi connectivity index (χ1v) is 9.17. The number of primary amides is 1. The lowest BCUT2D eigenvalue weighted by Crippen LogP contribution is -2.22. The van der Waals surface area contributed by atoms with Crippen molar-refractivity contribution in [1.82, 2.24) is 0 Å². The Morgan fingerprint density at radius 3 is 2.40 bits per heavy atom. The predicted molar refractivity (Wildman–Crippen MR) is 105 cm³/mol. The van der Waals surface area contributed by atoms with Gasteiger partial charge in [-0.2, -0.15) is 0 Å². The van der Waals surface area contributed by atoms with E-state index < -0.39 is 5.91 Å². The number of amides is 2. The zero-order valence-corrected chi connectivity index (χ0v) is 15.9. The summed E-state index contributed by atoms with van der Waals surface area (Å²) in [5.41, 5.74) is 6.26. The first-order valence-electron chi connectivity index (χ1n) is 7.05. The van der Waals surface area contributed by atoms with Gasteiger partial charge in [-0.3, -0.25) is 9.59 Å². The van der Waals surface area contributed by atoms with Gasteiger partial charge in [-0.1, -0.05) is 46.9 Å². The Morgan fingerprint density at radius 2 is 1.68 bits per heavy atom. The molecule has 0 heterocycles. The molecule has 2 rings (SSSR count). The summed E-state index contributed by atoms with van der Waals surface area (Å²) in [5.74, 6) is -0.564. The number of nitrogens with two attached hydrogens (primary N) is 1. The van der Waals surface area contributed by atoms with Gasteiger partial charge >= 0.3 is 0 Å². The van der Waals surface area contributed by atoms with E-state index in [1.54, 1.807) is 0 Å². The summed E-state index contributed by atoms with van der Waals surface area (Å²) in [6.07, 6.45) is 0. The van der Waals surface area contributed by atoms with Gasteiger partial charge in [0.15, 0.2) is 0 Å². The van der Waals surface area contributed by atoms with E-state index in [1.165, 1.54) is 23.9 Å². The van der Waals surface area contributed by atoms with Gasteiger partial charge in [0.1, 0.15) is 0 Å². The van der Waals surface area contributed by atoms with Gasteiger partial charge in [0.25, 0.3) is 0 Å². The number of benzene rings is 2. The summed E-state index contributed by atoms with van der Waals surface area (Å²) in [5, 5.41) is 6.57. The lowest BCUT2D eigenvalue weighted by atomic mass is 10.3. The Morgan fingerprint density at radius 1 is 1.00 bits per heavy atom. The molecule has 0 saturated heterocycles. The van der Waals surface area contributed by atoms with Crippen LogP contribution in [-0.2, 0) is 9.59 Å². The summed E-state index contributed by atoms with van der Waals surface area (Å²) in [6, 6.07) is 10.3. The van der Waals surface area contributed by atoms with E-state index in [0.29, 0.717) is 20.8 Å². The molecular weight excluding hydrogens is 405 g/mol. The van der Waals surface area contributed by atoms with Crippen LogP contribution in [0.25, 0.3) is 0 Å². The second kappa shape index (κ2) is 9.20. The van der Waals surface area contributed by atoms with E-state index in [2.05, 4.69) is 10.6 Å². The zero-order chi connectivity index (χ0) is 18.4. The Bertz CT molecular complexity index is 802. The van der Waals surface area contributed by atoms with Gasteiger partial charge in [0, 0.05) is 10.6 Å². The van der Waals surface area contributed by atoms with E-state index >= 15 is 0 Å². The van der Waals surface area contributed by atoms with Crippen molar-refractivity contribution in [3.05, 3.63) is 51.5 Å². The number of halogens is 3. The number of thioether (sulfide) groups is 1. The highest BCUT2D eigenvalue weighted by Crippen LogP contribution is 2.32. The van der Waals surface area contributed by atoms with Crippen LogP contribution in [0.4, 0.5) is 11.4 Å². The fourth-order valence-electron chi connectivity index (χ4n) is 1.88. The van der Waals surface area contributed by atoms with Gasteiger partial charge in [0.2, 0.25) is 11.8 Å². The summed E-state index contributed by atoms with van der Waals surface area (Å²) < 4.78 is 0. The molecule has 0 aliphatic carbocycles. The molecule has 0 fully saturated rings. The molecule has 0 unspecified atom stereocenters. The topological polar surface area (TPSA) is 84.2 Å². The fourth-order valence-corrected chi connectivity index (χ4v) is 3.24. The molecule has 2 aromatic rings. The van der Waals surface area contributed by atoms with Crippen LogP contribution in [0, 0.1) is 0 Å². The first kappa shape index (κ1) is 19.7. The van der Waals surface area contributed by atoms with Crippen LogP contribution >= 0.6 is 46.6 Å². The third-order valence-corrected chi connectivity index (χ3v) is 5.11. The number of hydrogen-bond donors (Lipinski definition) is 3. The standard InChI is InChI=1S/C16H14Cl3N3O2S/c17-9-5-11(19)13(6-10(9)18)22-16(24)7-21-12-3-1-2-4-14(12)25-8-15(20)23/h1-6,21H,7-8H2,(H2,20,23)(H,22,24). The minimum absolute atomic E-state index is 0.00468. The lowest BCUT2D eigenvalue weighted by Gasteiger charge is -2.12. The molecule has 132 valence electrons. The largest absolute Gasteiger partial charge is 0.375 e. The van der Waals surface area contributed by atoms with Crippen LogP contribution in [-0.4, -0.2) is 24.1 Å². The fraction of sp³-hybridized carbons (Fsp3) is 0.125. The van der Waals surface area contributed by atoms with Crippen LogP contribution in [0.2, 0.25) is 15.1 Å². The number of nitrogens with one attached hydrogen (secondary N) is 2. The average molecular weight is 419 g/mol. The van der Waals surface area contributed by atoms with Gasteiger partial charge in [-0.15, -0.1) is 11.8 Å². The number of hydrogen-bond acceptors (Lipinski definition) is 4. The highest BCUT2D eigenvalue weighted by Gasteiger charge is 2.10. The minimum Gasteiger partial charge on any atom is -0.375 e. The molecule has 0 atom stereocenters. The maximum absolute atomic E-state index is 12.1. The van der Waals surface area contributed by atoms with Crippen molar-refractivity contribution in [3.63, 3.8) is 0 Å². The van der Waals surface area contributed by atoms with Crippen molar-refractivity contribution in [3.8, 4) is 0 Å². The normalized spacial score (nSPS) is 10.4. The van der Waals surface area contributed by atoms with Crippen LogP contribution in [0.3, 0.4) is 0 Å². The molecule has 2 amide bonds. The molecule has 0 radical (unpaired) electrons. The average Bonchev–Trinajstić information content (AvgIpc) is 2.56. The molecule has 2 aromatic carbocycles. The van der Waals surface area contributed by atoms with Crippen molar-refractivity contribution in [2.24, 2.45) is 5.73 Å². The monoisotopic (exact) mass is 417 g/mol. The number of para-hydroxylation sites is 1. The molecule has 9 heteroatoms. The molecule has 25 heavy (non-hydrogen) atoms. The molecule has 0 spiro atoms. The van der Waals surface area contributed by atoms with Crippen molar-refractivity contribution < 1.29 is 9.59 Å². The molecular formula is C16H14Cl3N3O2S. The van der Waals surface area contributed by atoms with Crippen LogP contribution in [0.5, 0.6) is 0 Å². The van der Waals surface area contributed by atoms with Crippen molar-refractivity contribution in [2.45, 2.75) is 4.90 Å². The molecule has 4 N–H and O–H groups in total. The highest BCUT2D eigenvalue weighted by molar-refractivity contribution is 8.00. The Kier molecular flexibility index (Phi) is 7.25. The summed E-state index contributed by atoms with van der Waals surface area (Å²) in [7, 11) is 0. The Labute approximate surface area is 164 Å². The summed E-state index contributed by atoms with van der Waals surface area (Å²) in [4.78, 5) is 23.9. The maximum atomic E-state index is 12.1. The van der Waals surface area contributed by atoms with E-state index in [4.69, 9.17) is 40.5 Å². The molecule has 0 bridgehead atoms. The maximum Gasteiger partial charge on any atom is 0.243 e. The zero-order valence-electron chi connectivity index (χ0n) is 12.8. The predicted octanol–water partition coefficient (Wildman–Crippen LogP) is 4.27. The SMILES string of the molecule is NC(=O)CSc1ccccc1NCC(=O)Nc1cc(Cl)c(Cl)cc1Cl. The number of anilines is 2. The van der Waals surface area contributed by atoms with E-state index in [1.807, 2.05) is 24.3 Å². The molecule has 5 nitrogen and oxygen atoms in total. The number of carbonyl (C=O) groups excluding carboxylic acids is 2. The third-order valence-electron chi connectivity index (χ3n) is 2.98. The van der Waals surface area contributed by atoms with E-state index in [-0.39, 0.29) is 18.2 Å². The van der Waals surface area contributed by atoms with Crippen molar-refractivity contribution in [1.29, 1.82) is 0 Å². The second-order valence-electron chi connectivity index (χ2n) is 4.90. The van der Waals surface area contributed by atoms with Crippen molar-refractivity contribution >= 4 is 69.8 Å².